The third-order valence-corrected chi connectivity index (χ3v) is 6.15. The zero-order chi connectivity index (χ0) is 20.7. The molecule has 154 valence electrons. The lowest BCUT2D eigenvalue weighted by atomic mass is 10.1. The summed E-state index contributed by atoms with van der Waals surface area (Å²) >= 11 is 0. The van der Waals surface area contributed by atoms with E-state index in [2.05, 4.69) is 21.9 Å². The molecule has 0 saturated carbocycles. The summed E-state index contributed by atoms with van der Waals surface area (Å²) in [6, 6.07) is 19.5. The van der Waals surface area contributed by atoms with Crippen LogP contribution in [0.15, 0.2) is 65.7 Å². The summed E-state index contributed by atoms with van der Waals surface area (Å²) in [5, 5.41) is 0. The van der Waals surface area contributed by atoms with Crippen LogP contribution in [-0.2, 0) is 17.8 Å². The van der Waals surface area contributed by atoms with Gasteiger partial charge in [-0.05, 0) is 17.5 Å². The minimum absolute atomic E-state index is 0.139. The molecule has 2 saturated heterocycles. The summed E-state index contributed by atoms with van der Waals surface area (Å²) in [7, 11) is 1.75. The van der Waals surface area contributed by atoms with E-state index in [-0.39, 0.29) is 11.9 Å². The highest BCUT2D eigenvalue weighted by atomic mass is 16.2. The van der Waals surface area contributed by atoms with Gasteiger partial charge in [0.05, 0.1) is 0 Å². The minimum atomic E-state index is -0.452. The lowest BCUT2D eigenvalue weighted by molar-refractivity contribution is -0.137. The molecule has 2 aromatic rings. The number of rotatable bonds is 5. The summed E-state index contributed by atoms with van der Waals surface area (Å²) in [6.07, 6.45) is 0.198. The zero-order valence-electron chi connectivity index (χ0n) is 17.0. The highest BCUT2D eigenvalue weighted by Crippen LogP contribution is 2.31. The van der Waals surface area contributed by atoms with Crippen molar-refractivity contribution < 1.29 is 9.59 Å². The Morgan fingerprint density at radius 3 is 2.30 bits per heavy atom. The molecule has 2 atom stereocenters. The summed E-state index contributed by atoms with van der Waals surface area (Å²) < 4.78 is 0. The molecule has 0 radical (unpaired) electrons. The molecule has 0 aromatic heterocycles. The van der Waals surface area contributed by atoms with Crippen LogP contribution in [-0.4, -0.2) is 76.4 Å². The molecule has 30 heavy (non-hydrogen) atoms. The van der Waals surface area contributed by atoms with E-state index in [1.807, 2.05) is 48.5 Å². The van der Waals surface area contributed by atoms with Crippen LogP contribution in [0.5, 0.6) is 0 Å². The Morgan fingerprint density at radius 1 is 0.933 bits per heavy atom. The molecule has 3 heterocycles. The first-order valence-electron chi connectivity index (χ1n) is 10.4. The number of amides is 3. The van der Waals surface area contributed by atoms with E-state index in [1.165, 1.54) is 10.5 Å². The number of imide groups is 1. The first-order chi connectivity index (χ1) is 14.6. The van der Waals surface area contributed by atoms with Crippen molar-refractivity contribution in [2.24, 2.45) is 4.99 Å². The quantitative estimate of drug-likeness (QED) is 0.766. The smallest absolute Gasteiger partial charge is 0.328 e. The number of nitrogens with zero attached hydrogens (tertiary/aromatic N) is 5. The van der Waals surface area contributed by atoms with E-state index < -0.39 is 12.2 Å². The second-order valence-corrected chi connectivity index (χ2v) is 8.01. The second kappa shape index (κ2) is 7.48. The van der Waals surface area contributed by atoms with Crippen molar-refractivity contribution in [2.45, 2.75) is 25.2 Å². The molecule has 5 rings (SSSR count). The van der Waals surface area contributed by atoms with Crippen molar-refractivity contribution in [2.75, 3.05) is 26.7 Å². The average Bonchev–Trinajstić information content (AvgIpc) is 3.34. The molecule has 0 bridgehead atoms. The molecule has 2 aromatic carbocycles. The fourth-order valence-corrected chi connectivity index (χ4v) is 4.54. The van der Waals surface area contributed by atoms with Gasteiger partial charge < -0.3 is 14.7 Å². The van der Waals surface area contributed by atoms with Gasteiger partial charge in [-0.15, -0.1) is 0 Å². The predicted octanol–water partition coefficient (Wildman–Crippen LogP) is 2.01. The maximum absolute atomic E-state index is 13.3. The van der Waals surface area contributed by atoms with Crippen LogP contribution in [0, 0.1) is 0 Å². The van der Waals surface area contributed by atoms with Gasteiger partial charge in [-0.2, -0.15) is 0 Å². The molecular formula is C23H25N5O2. The van der Waals surface area contributed by atoms with Crippen LogP contribution in [0.3, 0.4) is 0 Å². The largest absolute Gasteiger partial charge is 0.337 e. The van der Waals surface area contributed by atoms with Crippen LogP contribution < -0.4 is 0 Å². The van der Waals surface area contributed by atoms with E-state index >= 15 is 0 Å². The van der Waals surface area contributed by atoms with E-state index in [9.17, 15) is 9.59 Å². The van der Waals surface area contributed by atoms with Crippen molar-refractivity contribution >= 4 is 17.9 Å². The Labute approximate surface area is 176 Å². The summed E-state index contributed by atoms with van der Waals surface area (Å²) in [5.41, 5.74) is 2.32. The van der Waals surface area contributed by atoms with Crippen molar-refractivity contribution in [3.63, 3.8) is 0 Å². The topological polar surface area (TPSA) is 59.5 Å². The van der Waals surface area contributed by atoms with Crippen molar-refractivity contribution in [3.05, 3.63) is 71.8 Å². The molecule has 7 nitrogen and oxygen atoms in total. The van der Waals surface area contributed by atoms with E-state index in [0.29, 0.717) is 13.0 Å². The van der Waals surface area contributed by atoms with Crippen LogP contribution in [0.4, 0.5) is 4.79 Å². The van der Waals surface area contributed by atoms with Crippen LogP contribution in [0.25, 0.3) is 0 Å². The SMILES string of the molecule is CN1C(=O)N(CCc2ccccc2)C(=O)C2C1N=C1N(Cc3ccccc3)CCN12. The molecule has 2 unspecified atom stereocenters. The Hall–Kier alpha value is -3.35. The fourth-order valence-electron chi connectivity index (χ4n) is 4.54. The summed E-state index contributed by atoms with van der Waals surface area (Å²) in [5.74, 6) is 0.686. The fraction of sp³-hybridized carbons (Fsp3) is 0.348. The monoisotopic (exact) mass is 403 g/mol. The van der Waals surface area contributed by atoms with E-state index in [4.69, 9.17) is 4.99 Å². The van der Waals surface area contributed by atoms with Gasteiger partial charge in [-0.25, -0.2) is 9.79 Å². The first-order valence-corrected chi connectivity index (χ1v) is 10.4. The van der Waals surface area contributed by atoms with Crippen LogP contribution in [0.2, 0.25) is 0 Å². The van der Waals surface area contributed by atoms with Gasteiger partial charge in [0.2, 0.25) is 0 Å². The Morgan fingerprint density at radius 2 is 1.60 bits per heavy atom. The molecule has 3 aliphatic rings. The molecule has 0 aliphatic carbocycles. The molecule has 0 N–H and O–H groups in total. The number of benzene rings is 2. The lowest BCUT2D eigenvalue weighted by Gasteiger charge is -2.40. The van der Waals surface area contributed by atoms with Gasteiger partial charge in [0.1, 0.15) is 0 Å². The maximum Gasteiger partial charge on any atom is 0.328 e. The number of hydrogen-bond acceptors (Lipinski definition) is 5. The molecule has 0 spiro atoms. The third-order valence-electron chi connectivity index (χ3n) is 6.15. The van der Waals surface area contributed by atoms with Gasteiger partial charge in [0.15, 0.2) is 18.2 Å². The van der Waals surface area contributed by atoms with Gasteiger partial charge in [0.25, 0.3) is 5.91 Å². The van der Waals surface area contributed by atoms with E-state index in [1.54, 1.807) is 11.9 Å². The maximum atomic E-state index is 13.3. The number of carbonyl (C=O) groups is 2. The van der Waals surface area contributed by atoms with Crippen LogP contribution >= 0.6 is 0 Å². The van der Waals surface area contributed by atoms with Gasteiger partial charge >= 0.3 is 6.03 Å². The molecule has 3 aliphatic heterocycles. The first kappa shape index (κ1) is 18.7. The number of aliphatic imine (C=N–C) groups is 1. The second-order valence-electron chi connectivity index (χ2n) is 8.01. The normalized spacial score (nSPS) is 23.0. The third kappa shape index (κ3) is 3.10. The Bertz CT molecular complexity index is 978. The van der Waals surface area contributed by atoms with Crippen LogP contribution in [0.1, 0.15) is 11.1 Å². The van der Waals surface area contributed by atoms with Crippen molar-refractivity contribution in [1.82, 2.24) is 19.6 Å². The number of urea groups is 1. The molecule has 7 heteroatoms. The lowest BCUT2D eigenvalue weighted by Crippen LogP contribution is -2.65. The van der Waals surface area contributed by atoms with E-state index in [0.717, 1.165) is 31.2 Å². The van der Waals surface area contributed by atoms with Gasteiger partial charge in [-0.3, -0.25) is 9.69 Å². The average molecular weight is 403 g/mol. The number of guanidine groups is 1. The Balaban J connectivity index is 1.34. The standard InChI is InChI=1S/C23H25N5O2/c1-25-20-19(21(29)28(23(25)30)13-12-17-8-4-2-5-9-17)27-15-14-26(22(27)24-20)16-18-10-6-3-7-11-18/h2-11,19-20H,12-16H2,1H3. The summed E-state index contributed by atoms with van der Waals surface area (Å²) in [4.78, 5) is 38.4. The molecular weight excluding hydrogens is 378 g/mol. The summed E-state index contributed by atoms with van der Waals surface area (Å²) in [6.45, 7) is 2.70. The number of likely N-dealkylation sites (N-methyl/N-ethyl adjacent to an activating group) is 1. The van der Waals surface area contributed by atoms with Gasteiger partial charge in [-0.1, -0.05) is 60.7 Å². The highest BCUT2D eigenvalue weighted by molar-refractivity contribution is 6.04. The number of carbonyl (C=O) groups excluding carboxylic acids is 2. The van der Waals surface area contributed by atoms with Crippen molar-refractivity contribution in [1.29, 1.82) is 0 Å². The Kier molecular flexibility index (Phi) is 4.65. The number of fused-ring (bicyclic) bond motifs is 3. The van der Waals surface area contributed by atoms with Crippen molar-refractivity contribution in [3.8, 4) is 0 Å². The number of hydrogen-bond donors (Lipinski definition) is 0. The predicted molar refractivity (Wildman–Crippen MR) is 114 cm³/mol. The zero-order valence-corrected chi connectivity index (χ0v) is 17.0. The minimum Gasteiger partial charge on any atom is -0.337 e. The highest BCUT2D eigenvalue weighted by Gasteiger charge is 2.54. The van der Waals surface area contributed by atoms with Gasteiger partial charge in [0, 0.05) is 33.2 Å². The molecule has 2 fully saturated rings. The molecule has 3 amide bonds.